The zero-order valence-corrected chi connectivity index (χ0v) is 23.3. The molecule has 0 spiro atoms. The maximum absolute atomic E-state index is 14.1. The highest BCUT2D eigenvalue weighted by Crippen LogP contribution is 2.40. The number of urea groups is 1. The zero-order chi connectivity index (χ0) is 31.1. The van der Waals surface area contributed by atoms with Crippen molar-refractivity contribution in [3.05, 3.63) is 41.1 Å². The fraction of sp³-hybridized carbons (Fsp3) is 0.600. The largest absolute Gasteiger partial charge is 0.414 e. The van der Waals surface area contributed by atoms with Crippen LogP contribution in [0.4, 0.5) is 26.7 Å². The van der Waals surface area contributed by atoms with Crippen molar-refractivity contribution in [1.82, 2.24) is 40.4 Å². The van der Waals surface area contributed by atoms with E-state index in [2.05, 4.69) is 31.0 Å². The van der Waals surface area contributed by atoms with Gasteiger partial charge in [0.05, 0.1) is 56.0 Å². The van der Waals surface area contributed by atoms with Gasteiger partial charge in [0.2, 0.25) is 0 Å². The molecule has 5 rings (SSSR count). The van der Waals surface area contributed by atoms with E-state index in [1.807, 2.05) is 0 Å². The van der Waals surface area contributed by atoms with Crippen LogP contribution in [0.25, 0.3) is 5.65 Å². The Labute approximate surface area is 241 Å². The van der Waals surface area contributed by atoms with Crippen molar-refractivity contribution in [2.24, 2.45) is 0 Å². The number of carbonyl (C=O) groups excluding carboxylic acids is 2. The number of imidazole rings is 1. The lowest BCUT2D eigenvalue weighted by Crippen LogP contribution is -2.58. The highest BCUT2D eigenvalue weighted by Gasteiger charge is 2.43. The molecule has 2 aliphatic rings. The van der Waals surface area contributed by atoms with E-state index in [0.29, 0.717) is 11.3 Å². The highest BCUT2D eigenvalue weighted by molar-refractivity contribution is 5.93. The first kappa shape index (κ1) is 30.5. The van der Waals surface area contributed by atoms with Gasteiger partial charge in [-0.3, -0.25) is 4.79 Å². The fourth-order valence-electron chi connectivity index (χ4n) is 4.80. The van der Waals surface area contributed by atoms with Crippen LogP contribution in [0.3, 0.4) is 0 Å². The lowest BCUT2D eigenvalue weighted by molar-refractivity contribution is -0.227. The molecule has 3 aromatic rings. The number of ether oxygens (including phenoxy) is 2. The van der Waals surface area contributed by atoms with Crippen LogP contribution in [0.1, 0.15) is 72.1 Å². The molecule has 2 fully saturated rings. The van der Waals surface area contributed by atoms with Crippen LogP contribution in [0.5, 0.6) is 0 Å². The maximum Gasteiger partial charge on any atom is 0.414 e. The lowest BCUT2D eigenvalue weighted by Gasteiger charge is -2.38. The van der Waals surface area contributed by atoms with Crippen LogP contribution in [0.15, 0.2) is 23.1 Å². The van der Waals surface area contributed by atoms with Crippen LogP contribution < -0.4 is 10.6 Å². The van der Waals surface area contributed by atoms with Crippen molar-refractivity contribution in [2.75, 3.05) is 26.8 Å². The number of fused-ring (bicyclic) bond motifs is 1. The summed E-state index contributed by atoms with van der Waals surface area (Å²) >= 11 is 0. The van der Waals surface area contributed by atoms with Gasteiger partial charge in [-0.05, 0) is 37.9 Å². The van der Waals surface area contributed by atoms with E-state index < -0.39 is 61.4 Å². The minimum Gasteiger partial charge on any atom is -0.382 e. The third-order valence-corrected chi connectivity index (χ3v) is 7.25. The second-order valence-corrected chi connectivity index (χ2v) is 10.6. The number of amides is 3. The number of carbonyl (C=O) groups is 2. The van der Waals surface area contributed by atoms with Gasteiger partial charge in [-0.1, -0.05) is 5.16 Å². The summed E-state index contributed by atoms with van der Waals surface area (Å²) in [7, 11) is 1.35. The van der Waals surface area contributed by atoms with Crippen LogP contribution >= 0.6 is 0 Å². The topological polar surface area (TPSA) is 149 Å². The molecule has 3 aromatic heterocycles. The molecule has 18 heteroatoms. The summed E-state index contributed by atoms with van der Waals surface area (Å²) in [5, 5.41) is 16.5. The summed E-state index contributed by atoms with van der Waals surface area (Å²) in [6, 6.07) is -1.40. The Morgan fingerprint density at radius 3 is 2.70 bits per heavy atom. The van der Waals surface area contributed by atoms with Crippen molar-refractivity contribution in [2.45, 2.75) is 69.0 Å². The molecular weight excluding hydrogens is 587 g/mol. The quantitative estimate of drug-likeness (QED) is 0.310. The van der Waals surface area contributed by atoms with Crippen LogP contribution in [-0.4, -0.2) is 92.9 Å². The predicted molar refractivity (Wildman–Crippen MR) is 135 cm³/mol. The number of halogens is 5. The van der Waals surface area contributed by atoms with E-state index in [4.69, 9.17) is 14.1 Å². The standard InChI is InChI=1S/C25H29F5N8O5/c1-12(42-13(2)25(28,29)30)19(34-22(39)21-20(14-4-5-14)35-43-36-21)16-8-38-18(33-16)6-15(7-32-38)17(9-41-3)37-11-24(26,27)10-31-23(37)40/h6-8,12-14,17,19H,4-5,9-11H2,1-3H3,(H,31,40)(H,34,39)/t12-,13?,17-,19+/m1/s1. The van der Waals surface area contributed by atoms with E-state index in [0.717, 1.165) is 24.7 Å². The van der Waals surface area contributed by atoms with E-state index in [1.54, 1.807) is 0 Å². The number of nitrogens with zero attached hydrogens (tertiary/aromatic N) is 6. The van der Waals surface area contributed by atoms with E-state index in [-0.39, 0.29) is 29.6 Å². The van der Waals surface area contributed by atoms with Gasteiger partial charge in [-0.2, -0.15) is 18.3 Å². The first-order valence-electron chi connectivity index (χ1n) is 13.4. The molecule has 0 radical (unpaired) electrons. The van der Waals surface area contributed by atoms with Crippen molar-refractivity contribution < 1.29 is 45.6 Å². The van der Waals surface area contributed by atoms with Gasteiger partial charge >= 0.3 is 12.2 Å². The van der Waals surface area contributed by atoms with E-state index >= 15 is 0 Å². The normalized spacial score (nSPS) is 20.0. The first-order chi connectivity index (χ1) is 20.3. The average Bonchev–Trinajstić information content (AvgIpc) is 3.50. The molecule has 0 aromatic carbocycles. The molecule has 1 unspecified atom stereocenters. The summed E-state index contributed by atoms with van der Waals surface area (Å²) in [5.41, 5.74) is 0.834. The van der Waals surface area contributed by atoms with E-state index in [1.165, 1.54) is 37.0 Å². The number of hydrogen-bond acceptors (Lipinski definition) is 9. The molecule has 1 aliphatic heterocycles. The molecule has 4 heterocycles. The molecule has 3 amide bonds. The van der Waals surface area contributed by atoms with Gasteiger partial charge in [-0.25, -0.2) is 27.7 Å². The molecule has 1 saturated carbocycles. The van der Waals surface area contributed by atoms with Crippen molar-refractivity contribution in [3.63, 3.8) is 0 Å². The molecule has 4 atom stereocenters. The summed E-state index contributed by atoms with van der Waals surface area (Å²) in [5.74, 6) is -3.92. The van der Waals surface area contributed by atoms with Gasteiger partial charge in [0.15, 0.2) is 17.4 Å². The summed E-state index contributed by atoms with van der Waals surface area (Å²) in [6.07, 6.45) is -3.76. The Kier molecular flexibility index (Phi) is 8.26. The molecule has 1 saturated heterocycles. The smallest absolute Gasteiger partial charge is 0.382 e. The second kappa shape index (κ2) is 11.6. The second-order valence-electron chi connectivity index (χ2n) is 10.6. The van der Waals surface area contributed by atoms with Gasteiger partial charge in [-0.15, -0.1) is 0 Å². The van der Waals surface area contributed by atoms with E-state index in [9.17, 15) is 31.5 Å². The highest BCUT2D eigenvalue weighted by atomic mass is 19.4. The van der Waals surface area contributed by atoms with Crippen LogP contribution in [0, 0.1) is 0 Å². The molecule has 2 N–H and O–H groups in total. The number of aromatic nitrogens is 5. The Bertz CT molecular complexity index is 1480. The number of methoxy groups -OCH3 is 1. The molecule has 0 bridgehead atoms. The monoisotopic (exact) mass is 616 g/mol. The Hall–Kier alpha value is -3.93. The summed E-state index contributed by atoms with van der Waals surface area (Å²) in [4.78, 5) is 31.1. The Morgan fingerprint density at radius 2 is 2.02 bits per heavy atom. The average molecular weight is 617 g/mol. The van der Waals surface area contributed by atoms with Crippen LogP contribution in [-0.2, 0) is 9.47 Å². The first-order valence-corrected chi connectivity index (χ1v) is 13.4. The molecule has 43 heavy (non-hydrogen) atoms. The fourth-order valence-corrected chi connectivity index (χ4v) is 4.80. The van der Waals surface area contributed by atoms with Crippen molar-refractivity contribution in [1.29, 1.82) is 0 Å². The molecular formula is C25H29F5N8O5. The molecule has 234 valence electrons. The van der Waals surface area contributed by atoms with Gasteiger partial charge in [0, 0.05) is 18.6 Å². The van der Waals surface area contributed by atoms with Crippen molar-refractivity contribution >= 4 is 17.6 Å². The number of hydrogen-bond donors (Lipinski definition) is 2. The lowest BCUT2D eigenvalue weighted by atomic mass is 10.1. The third-order valence-electron chi connectivity index (χ3n) is 7.25. The number of rotatable bonds is 11. The number of alkyl halides is 5. The summed E-state index contributed by atoms with van der Waals surface area (Å²) < 4.78 is 84.7. The SMILES string of the molecule is COC[C@H](c1cnn2cc([C@@H](NC(=O)c3nonc3C3CC3)[C@@H](C)OC(C)C(F)(F)F)nc2c1)N1CC(F)(F)CNC1=O. The minimum atomic E-state index is -4.67. The number of nitrogens with one attached hydrogen (secondary N) is 2. The Morgan fingerprint density at radius 1 is 1.28 bits per heavy atom. The summed E-state index contributed by atoms with van der Waals surface area (Å²) in [6.45, 7) is 0.412. The third kappa shape index (κ3) is 6.69. The maximum atomic E-state index is 14.1. The predicted octanol–water partition coefficient (Wildman–Crippen LogP) is 3.16. The van der Waals surface area contributed by atoms with Gasteiger partial charge in [0.1, 0.15) is 5.69 Å². The van der Waals surface area contributed by atoms with Gasteiger partial charge < -0.3 is 25.0 Å². The Balaban J connectivity index is 1.46. The van der Waals surface area contributed by atoms with Crippen LogP contribution in [0.2, 0.25) is 0 Å². The molecule has 1 aliphatic carbocycles. The van der Waals surface area contributed by atoms with Crippen molar-refractivity contribution in [3.8, 4) is 0 Å². The zero-order valence-electron chi connectivity index (χ0n) is 23.3. The van der Waals surface area contributed by atoms with Gasteiger partial charge in [0.25, 0.3) is 11.8 Å². The molecule has 13 nitrogen and oxygen atoms in total. The minimum absolute atomic E-state index is 0.00386.